The Labute approximate surface area is 195 Å². The average molecular weight is 475 g/mol. The molecule has 0 atom stereocenters. The second-order valence-corrected chi connectivity index (χ2v) is 10.1. The summed E-state index contributed by atoms with van der Waals surface area (Å²) >= 11 is 0. The molecule has 1 amide bonds. The molecule has 0 spiro atoms. The Morgan fingerprint density at radius 1 is 1.03 bits per heavy atom. The van der Waals surface area contributed by atoms with Crippen LogP contribution in [0.3, 0.4) is 0 Å². The standard InChI is InChI=1S/C24H30N2O6S/c1-5-31-24(28)26-14-12-19(13-15-26)23(27)32-21-9-7-20(8-10-21)25(4)33(29,30)22-11-6-17(2)18(3)16-22/h6-11,16,19H,5,12-15H2,1-4H3. The van der Waals surface area contributed by atoms with E-state index < -0.39 is 10.0 Å². The quantitative estimate of drug-likeness (QED) is 0.466. The zero-order valence-corrected chi connectivity index (χ0v) is 20.2. The van der Waals surface area contributed by atoms with Gasteiger partial charge in [0.05, 0.1) is 23.1 Å². The normalized spacial score (nSPS) is 14.6. The summed E-state index contributed by atoms with van der Waals surface area (Å²) in [6.07, 6.45) is 0.652. The van der Waals surface area contributed by atoms with Gasteiger partial charge in [-0.3, -0.25) is 9.10 Å². The highest BCUT2D eigenvalue weighted by molar-refractivity contribution is 7.92. The van der Waals surface area contributed by atoms with E-state index in [1.165, 1.54) is 11.4 Å². The van der Waals surface area contributed by atoms with Crippen molar-refractivity contribution in [3.8, 4) is 5.75 Å². The van der Waals surface area contributed by atoms with Crippen LogP contribution in [0.2, 0.25) is 0 Å². The van der Waals surface area contributed by atoms with Crippen LogP contribution in [0.4, 0.5) is 10.5 Å². The zero-order chi connectivity index (χ0) is 24.2. The molecular weight excluding hydrogens is 444 g/mol. The summed E-state index contributed by atoms with van der Waals surface area (Å²) in [4.78, 5) is 26.1. The van der Waals surface area contributed by atoms with Gasteiger partial charge in [0.25, 0.3) is 10.0 Å². The lowest BCUT2D eigenvalue weighted by Gasteiger charge is -2.30. The fourth-order valence-corrected chi connectivity index (χ4v) is 4.89. The van der Waals surface area contributed by atoms with Gasteiger partial charge >= 0.3 is 12.1 Å². The molecule has 3 rings (SSSR count). The third-order valence-electron chi connectivity index (χ3n) is 5.91. The van der Waals surface area contributed by atoms with Crippen molar-refractivity contribution in [1.29, 1.82) is 0 Å². The van der Waals surface area contributed by atoms with Crippen molar-refractivity contribution in [1.82, 2.24) is 4.90 Å². The minimum atomic E-state index is -3.72. The fraction of sp³-hybridized carbons (Fsp3) is 0.417. The van der Waals surface area contributed by atoms with Crippen LogP contribution in [-0.2, 0) is 19.6 Å². The van der Waals surface area contributed by atoms with Gasteiger partial charge in [0.15, 0.2) is 0 Å². The predicted octanol–water partition coefficient (Wildman–Crippen LogP) is 3.90. The second-order valence-electron chi connectivity index (χ2n) is 8.09. The van der Waals surface area contributed by atoms with Crippen molar-refractivity contribution in [2.24, 2.45) is 5.92 Å². The number of ether oxygens (including phenoxy) is 2. The number of nitrogens with zero attached hydrogens (tertiary/aromatic N) is 2. The number of anilines is 1. The third kappa shape index (κ3) is 5.65. The van der Waals surface area contributed by atoms with E-state index in [4.69, 9.17) is 9.47 Å². The summed E-state index contributed by atoms with van der Waals surface area (Å²) in [5.74, 6) is -0.320. The van der Waals surface area contributed by atoms with Gasteiger partial charge in [-0.15, -0.1) is 0 Å². The van der Waals surface area contributed by atoms with E-state index in [0.29, 0.717) is 44.0 Å². The van der Waals surface area contributed by atoms with E-state index in [9.17, 15) is 18.0 Å². The maximum Gasteiger partial charge on any atom is 0.409 e. The first-order valence-electron chi connectivity index (χ1n) is 10.9. The summed E-state index contributed by atoms with van der Waals surface area (Å²) in [5, 5.41) is 0. The Morgan fingerprint density at radius 3 is 2.24 bits per heavy atom. The number of esters is 1. The van der Waals surface area contributed by atoms with E-state index in [0.717, 1.165) is 11.1 Å². The van der Waals surface area contributed by atoms with Gasteiger partial charge in [-0.1, -0.05) is 6.07 Å². The highest BCUT2D eigenvalue weighted by Gasteiger charge is 2.29. The molecule has 33 heavy (non-hydrogen) atoms. The molecule has 8 nitrogen and oxygen atoms in total. The first-order chi connectivity index (χ1) is 15.6. The van der Waals surface area contributed by atoms with Crippen LogP contribution in [0.25, 0.3) is 0 Å². The van der Waals surface area contributed by atoms with Crippen molar-refractivity contribution >= 4 is 27.8 Å². The van der Waals surface area contributed by atoms with Gasteiger partial charge in [-0.2, -0.15) is 0 Å². The van der Waals surface area contributed by atoms with Crippen LogP contribution in [-0.4, -0.2) is 52.1 Å². The molecule has 0 saturated carbocycles. The van der Waals surface area contributed by atoms with Crippen molar-refractivity contribution in [3.63, 3.8) is 0 Å². The number of rotatable bonds is 6. The molecule has 1 heterocycles. The van der Waals surface area contributed by atoms with Crippen LogP contribution >= 0.6 is 0 Å². The molecule has 1 fully saturated rings. The number of aryl methyl sites for hydroxylation is 2. The lowest BCUT2D eigenvalue weighted by Crippen LogP contribution is -2.41. The number of piperidine rings is 1. The lowest BCUT2D eigenvalue weighted by atomic mass is 9.97. The van der Waals surface area contributed by atoms with Crippen molar-refractivity contribution in [2.75, 3.05) is 31.0 Å². The highest BCUT2D eigenvalue weighted by Crippen LogP contribution is 2.27. The largest absolute Gasteiger partial charge is 0.450 e. The monoisotopic (exact) mass is 474 g/mol. The van der Waals surface area contributed by atoms with Crippen molar-refractivity contribution in [3.05, 3.63) is 53.6 Å². The number of hydrogen-bond acceptors (Lipinski definition) is 6. The van der Waals surface area contributed by atoms with Gasteiger partial charge in [0.1, 0.15) is 5.75 Å². The fourth-order valence-electron chi connectivity index (χ4n) is 3.61. The molecular formula is C24H30N2O6S. The molecule has 178 valence electrons. The number of amides is 1. The Kier molecular flexibility index (Phi) is 7.63. The van der Waals surface area contributed by atoms with Gasteiger partial charge in [-0.05, 0) is 81.1 Å². The Morgan fingerprint density at radius 2 is 1.67 bits per heavy atom. The van der Waals surface area contributed by atoms with Gasteiger partial charge in [0.2, 0.25) is 0 Å². The Hall–Kier alpha value is -3.07. The van der Waals surface area contributed by atoms with Gasteiger partial charge in [0, 0.05) is 20.1 Å². The smallest absolute Gasteiger partial charge is 0.409 e. The molecule has 0 radical (unpaired) electrons. The summed E-state index contributed by atoms with van der Waals surface area (Å²) in [6.45, 7) is 6.76. The number of carbonyl (C=O) groups is 2. The van der Waals surface area contributed by atoms with Crippen molar-refractivity contribution < 1.29 is 27.5 Å². The van der Waals surface area contributed by atoms with Crippen molar-refractivity contribution in [2.45, 2.75) is 38.5 Å². The molecule has 0 aromatic heterocycles. The van der Waals surface area contributed by atoms with E-state index in [1.807, 2.05) is 13.8 Å². The van der Waals surface area contributed by atoms with Gasteiger partial charge < -0.3 is 14.4 Å². The highest BCUT2D eigenvalue weighted by atomic mass is 32.2. The third-order valence-corrected chi connectivity index (χ3v) is 7.69. The Bertz CT molecular complexity index is 1110. The lowest BCUT2D eigenvalue weighted by molar-refractivity contribution is -0.140. The molecule has 2 aromatic rings. The SMILES string of the molecule is CCOC(=O)N1CCC(C(=O)Oc2ccc(N(C)S(=O)(=O)c3ccc(C)c(C)c3)cc2)CC1. The Balaban J connectivity index is 1.61. The zero-order valence-electron chi connectivity index (χ0n) is 19.4. The number of hydrogen-bond donors (Lipinski definition) is 0. The van der Waals surface area contributed by atoms with Crippen LogP contribution in [0.5, 0.6) is 5.75 Å². The van der Waals surface area contributed by atoms with E-state index in [1.54, 1.807) is 54.3 Å². The minimum Gasteiger partial charge on any atom is -0.450 e. The number of benzene rings is 2. The molecule has 9 heteroatoms. The maximum atomic E-state index is 13.0. The van der Waals surface area contributed by atoms with E-state index in [2.05, 4.69) is 0 Å². The first kappa shape index (κ1) is 24.6. The predicted molar refractivity (Wildman–Crippen MR) is 125 cm³/mol. The number of carbonyl (C=O) groups excluding carboxylic acids is 2. The molecule has 0 bridgehead atoms. The van der Waals surface area contributed by atoms with Crippen LogP contribution in [0, 0.1) is 19.8 Å². The molecule has 1 saturated heterocycles. The summed E-state index contributed by atoms with van der Waals surface area (Å²) in [5.41, 5.74) is 2.38. The molecule has 1 aliphatic heterocycles. The number of likely N-dealkylation sites (tertiary alicyclic amines) is 1. The maximum absolute atomic E-state index is 13.0. The molecule has 1 aliphatic rings. The average Bonchev–Trinajstić information content (AvgIpc) is 2.81. The summed E-state index contributed by atoms with van der Waals surface area (Å²) in [6, 6.07) is 11.4. The molecule has 0 N–H and O–H groups in total. The van der Waals surface area contributed by atoms with Crippen LogP contribution in [0.15, 0.2) is 47.4 Å². The summed E-state index contributed by atoms with van der Waals surface area (Å²) < 4.78 is 37.7. The van der Waals surface area contributed by atoms with Gasteiger partial charge in [-0.25, -0.2) is 13.2 Å². The molecule has 0 aliphatic carbocycles. The second kappa shape index (κ2) is 10.2. The summed E-state index contributed by atoms with van der Waals surface area (Å²) in [7, 11) is -2.23. The molecule has 2 aromatic carbocycles. The first-order valence-corrected chi connectivity index (χ1v) is 12.4. The van der Waals surface area contributed by atoms with Crippen LogP contribution in [0.1, 0.15) is 30.9 Å². The topological polar surface area (TPSA) is 93.2 Å². The minimum absolute atomic E-state index is 0.220. The number of sulfonamides is 1. The van der Waals surface area contributed by atoms with E-state index in [-0.39, 0.29) is 22.9 Å². The molecule has 0 unspecified atom stereocenters. The van der Waals surface area contributed by atoms with Crippen LogP contribution < -0.4 is 9.04 Å². The van der Waals surface area contributed by atoms with E-state index >= 15 is 0 Å².